The average molecular weight is 338 g/mol. The molecule has 0 saturated carbocycles. The van der Waals surface area contributed by atoms with Crippen molar-refractivity contribution < 1.29 is 9.59 Å². The van der Waals surface area contributed by atoms with Crippen LogP contribution < -0.4 is 10.6 Å². The number of amides is 2. The van der Waals surface area contributed by atoms with Crippen LogP contribution in [0.4, 0.5) is 0 Å². The fraction of sp³-hybridized carbons (Fsp3) is 0.889. The maximum atomic E-state index is 12.4. The number of carbonyl (C=O) groups excluding carboxylic acids is 2. The zero-order chi connectivity index (χ0) is 17.4. The van der Waals surface area contributed by atoms with Crippen molar-refractivity contribution in [1.29, 1.82) is 0 Å². The predicted octanol–water partition coefficient (Wildman–Crippen LogP) is 0.825. The Labute approximate surface area is 146 Å². The summed E-state index contributed by atoms with van der Waals surface area (Å²) in [7, 11) is 0. The predicted molar refractivity (Wildman–Crippen MR) is 95.7 cm³/mol. The van der Waals surface area contributed by atoms with E-state index in [2.05, 4.69) is 29.4 Å². The standard InChI is InChI=1S/C18H34N4O2/c1-3-21(4-2)12-6-11-20-17(23)15-8-13-22(14-9-15)18(24)16-7-5-10-19-16/h15-16,19H,3-14H2,1-2H3,(H,20,23). The number of hydrogen-bond acceptors (Lipinski definition) is 4. The molecule has 0 aromatic carbocycles. The third kappa shape index (κ3) is 5.45. The van der Waals surface area contributed by atoms with Crippen LogP contribution in [-0.4, -0.2) is 73.5 Å². The molecule has 2 N–H and O–H groups in total. The summed E-state index contributed by atoms with van der Waals surface area (Å²) >= 11 is 0. The number of piperidine rings is 1. The lowest BCUT2D eigenvalue weighted by Crippen LogP contribution is -2.48. The topological polar surface area (TPSA) is 64.7 Å². The molecule has 6 nitrogen and oxygen atoms in total. The Morgan fingerprint density at radius 1 is 1.17 bits per heavy atom. The third-order valence-electron chi connectivity index (χ3n) is 5.38. The molecule has 1 atom stereocenters. The molecule has 1 unspecified atom stereocenters. The summed E-state index contributed by atoms with van der Waals surface area (Å²) in [6.07, 6.45) is 4.62. The van der Waals surface area contributed by atoms with Gasteiger partial charge in [-0.15, -0.1) is 0 Å². The maximum absolute atomic E-state index is 12.4. The van der Waals surface area contributed by atoms with Crippen LogP contribution in [0.1, 0.15) is 46.0 Å². The van der Waals surface area contributed by atoms with Crippen molar-refractivity contribution in [3.63, 3.8) is 0 Å². The quantitative estimate of drug-likeness (QED) is 0.643. The van der Waals surface area contributed by atoms with Crippen LogP contribution in [0.2, 0.25) is 0 Å². The van der Waals surface area contributed by atoms with Gasteiger partial charge in [-0.1, -0.05) is 13.8 Å². The van der Waals surface area contributed by atoms with E-state index in [1.54, 1.807) is 0 Å². The van der Waals surface area contributed by atoms with E-state index in [9.17, 15) is 9.59 Å². The molecule has 0 spiro atoms. The van der Waals surface area contributed by atoms with Gasteiger partial charge in [0.1, 0.15) is 0 Å². The van der Waals surface area contributed by atoms with Crippen LogP contribution in [0.15, 0.2) is 0 Å². The van der Waals surface area contributed by atoms with Crippen LogP contribution in [-0.2, 0) is 9.59 Å². The normalized spacial score (nSPS) is 22.1. The minimum atomic E-state index is 0.00968. The molecule has 2 heterocycles. The van der Waals surface area contributed by atoms with Gasteiger partial charge in [0.25, 0.3) is 0 Å². The second-order valence-electron chi connectivity index (χ2n) is 6.92. The molecule has 2 amide bonds. The van der Waals surface area contributed by atoms with E-state index in [-0.39, 0.29) is 23.8 Å². The van der Waals surface area contributed by atoms with E-state index in [0.29, 0.717) is 13.1 Å². The lowest BCUT2D eigenvalue weighted by molar-refractivity contribution is -0.137. The summed E-state index contributed by atoms with van der Waals surface area (Å²) in [5, 5.41) is 6.34. The molecule has 0 aliphatic carbocycles. The first-order valence-corrected chi connectivity index (χ1v) is 9.68. The third-order valence-corrected chi connectivity index (χ3v) is 5.38. The Bertz CT molecular complexity index is 398. The van der Waals surface area contributed by atoms with E-state index in [1.165, 1.54) is 0 Å². The number of nitrogens with zero attached hydrogens (tertiary/aromatic N) is 2. The lowest BCUT2D eigenvalue weighted by Gasteiger charge is -2.33. The van der Waals surface area contributed by atoms with Crippen molar-refractivity contribution in [3.8, 4) is 0 Å². The first-order chi connectivity index (χ1) is 11.7. The second-order valence-corrected chi connectivity index (χ2v) is 6.92. The summed E-state index contributed by atoms with van der Waals surface area (Å²) in [5.41, 5.74) is 0. The van der Waals surface area contributed by atoms with Gasteiger partial charge in [-0.25, -0.2) is 0 Å². The van der Waals surface area contributed by atoms with Gasteiger partial charge in [0.05, 0.1) is 6.04 Å². The van der Waals surface area contributed by atoms with Crippen molar-refractivity contribution in [2.24, 2.45) is 5.92 Å². The molecule has 2 aliphatic rings. The van der Waals surface area contributed by atoms with E-state index in [1.807, 2.05) is 4.90 Å². The molecule has 24 heavy (non-hydrogen) atoms. The number of hydrogen-bond donors (Lipinski definition) is 2. The van der Waals surface area contributed by atoms with Crippen LogP contribution >= 0.6 is 0 Å². The fourth-order valence-corrected chi connectivity index (χ4v) is 3.68. The number of nitrogens with one attached hydrogen (secondary N) is 2. The Morgan fingerprint density at radius 2 is 1.88 bits per heavy atom. The largest absolute Gasteiger partial charge is 0.356 e. The lowest BCUT2D eigenvalue weighted by atomic mass is 9.95. The van der Waals surface area contributed by atoms with Gasteiger partial charge < -0.3 is 20.4 Å². The van der Waals surface area contributed by atoms with Crippen molar-refractivity contribution in [2.75, 3.05) is 45.8 Å². The van der Waals surface area contributed by atoms with Gasteiger partial charge in [-0.05, 0) is 58.3 Å². The molecular weight excluding hydrogens is 304 g/mol. The summed E-state index contributed by atoms with van der Waals surface area (Å²) in [6, 6.07) is 0.00968. The minimum absolute atomic E-state index is 0.00968. The molecule has 2 aliphatic heterocycles. The molecule has 2 saturated heterocycles. The smallest absolute Gasteiger partial charge is 0.239 e. The molecule has 0 aromatic rings. The molecule has 2 fully saturated rings. The fourth-order valence-electron chi connectivity index (χ4n) is 3.68. The van der Waals surface area contributed by atoms with Crippen molar-refractivity contribution in [1.82, 2.24) is 20.4 Å². The van der Waals surface area contributed by atoms with Crippen LogP contribution in [0, 0.1) is 5.92 Å². The van der Waals surface area contributed by atoms with Gasteiger partial charge in [-0.2, -0.15) is 0 Å². The maximum Gasteiger partial charge on any atom is 0.239 e. The Hall–Kier alpha value is -1.14. The zero-order valence-corrected chi connectivity index (χ0v) is 15.4. The van der Waals surface area contributed by atoms with Gasteiger partial charge in [-0.3, -0.25) is 9.59 Å². The summed E-state index contributed by atoms with van der Waals surface area (Å²) in [6.45, 7) is 10.6. The Kier molecular flexibility index (Phi) is 7.99. The van der Waals surface area contributed by atoms with Crippen LogP contribution in [0.3, 0.4) is 0 Å². The monoisotopic (exact) mass is 338 g/mol. The first kappa shape index (κ1) is 19.2. The number of likely N-dealkylation sites (tertiary alicyclic amines) is 1. The van der Waals surface area contributed by atoms with Gasteiger partial charge in [0, 0.05) is 25.6 Å². The highest BCUT2D eigenvalue weighted by Gasteiger charge is 2.31. The van der Waals surface area contributed by atoms with E-state index in [4.69, 9.17) is 0 Å². The second kappa shape index (κ2) is 9.99. The Balaban J connectivity index is 1.62. The molecule has 0 aromatic heterocycles. The minimum Gasteiger partial charge on any atom is -0.356 e. The summed E-state index contributed by atoms with van der Waals surface area (Å²) in [5.74, 6) is 0.463. The SMILES string of the molecule is CCN(CC)CCCNC(=O)C1CCN(C(=O)C2CCCN2)CC1. The van der Waals surface area contributed by atoms with E-state index in [0.717, 1.165) is 64.8 Å². The zero-order valence-electron chi connectivity index (χ0n) is 15.4. The highest BCUT2D eigenvalue weighted by atomic mass is 16.2. The number of rotatable bonds is 8. The summed E-state index contributed by atoms with van der Waals surface area (Å²) in [4.78, 5) is 28.9. The first-order valence-electron chi connectivity index (χ1n) is 9.68. The molecule has 2 rings (SSSR count). The molecule has 6 heteroatoms. The van der Waals surface area contributed by atoms with Crippen LogP contribution in [0.25, 0.3) is 0 Å². The molecular formula is C18H34N4O2. The Morgan fingerprint density at radius 3 is 2.46 bits per heavy atom. The van der Waals surface area contributed by atoms with Crippen molar-refractivity contribution in [2.45, 2.75) is 52.0 Å². The van der Waals surface area contributed by atoms with Crippen molar-refractivity contribution >= 4 is 11.8 Å². The average Bonchev–Trinajstić information content (AvgIpc) is 3.16. The van der Waals surface area contributed by atoms with Gasteiger partial charge >= 0.3 is 0 Å². The van der Waals surface area contributed by atoms with Crippen LogP contribution in [0.5, 0.6) is 0 Å². The van der Waals surface area contributed by atoms with E-state index < -0.39 is 0 Å². The molecule has 138 valence electrons. The molecule has 0 radical (unpaired) electrons. The number of carbonyl (C=O) groups is 2. The highest BCUT2D eigenvalue weighted by molar-refractivity contribution is 5.83. The highest BCUT2D eigenvalue weighted by Crippen LogP contribution is 2.19. The van der Waals surface area contributed by atoms with Crippen molar-refractivity contribution in [3.05, 3.63) is 0 Å². The molecule has 0 bridgehead atoms. The summed E-state index contributed by atoms with van der Waals surface area (Å²) < 4.78 is 0. The van der Waals surface area contributed by atoms with E-state index >= 15 is 0 Å². The van der Waals surface area contributed by atoms with Gasteiger partial charge in [0.2, 0.25) is 11.8 Å². The van der Waals surface area contributed by atoms with Gasteiger partial charge in [0.15, 0.2) is 0 Å².